The van der Waals surface area contributed by atoms with Gasteiger partial charge in [-0.15, -0.1) is 0 Å². The Hall–Kier alpha value is -2.02. The Kier molecular flexibility index (Phi) is 6.42. The average Bonchev–Trinajstić information content (AvgIpc) is 2.44. The maximum absolute atomic E-state index is 12.0. The molecular weight excluding hydrogens is 323 g/mol. The quantitative estimate of drug-likeness (QED) is 0.664. The van der Waals surface area contributed by atoms with Gasteiger partial charge in [-0.25, -0.2) is 0 Å². The van der Waals surface area contributed by atoms with Gasteiger partial charge in [0.25, 0.3) is 0 Å². The number of rotatable bonds is 5. The number of halogens is 4. The molecule has 1 rings (SSSR count). The molecule has 120 valence electrons. The number of hydrogen-bond acceptors (Lipinski definition) is 3. The molecule has 0 aliphatic heterocycles. The van der Waals surface area contributed by atoms with Crippen LogP contribution >= 0.6 is 11.6 Å². The number of benzene rings is 1. The molecule has 0 aliphatic carbocycles. The molecule has 1 N–H and O–H groups in total. The summed E-state index contributed by atoms with van der Waals surface area (Å²) in [4.78, 5) is 22.9. The fourth-order valence-electron chi connectivity index (χ4n) is 1.59. The first-order valence-electron chi connectivity index (χ1n) is 6.10. The SMILES string of the molecule is COC(=O)CC(NC(=O)/C=C/C(F)(F)F)c1ccc(Cl)cc1. The van der Waals surface area contributed by atoms with Crippen LogP contribution in [0.1, 0.15) is 18.0 Å². The van der Waals surface area contributed by atoms with Crippen LogP contribution in [-0.2, 0) is 14.3 Å². The van der Waals surface area contributed by atoms with Gasteiger partial charge in [0.05, 0.1) is 19.6 Å². The van der Waals surface area contributed by atoms with E-state index in [2.05, 4.69) is 10.1 Å². The van der Waals surface area contributed by atoms with Crippen LogP contribution < -0.4 is 5.32 Å². The Morgan fingerprint density at radius 3 is 2.41 bits per heavy atom. The molecule has 8 heteroatoms. The highest BCUT2D eigenvalue weighted by atomic mass is 35.5. The highest BCUT2D eigenvalue weighted by Gasteiger charge is 2.23. The topological polar surface area (TPSA) is 55.4 Å². The number of allylic oxidation sites excluding steroid dienone is 1. The van der Waals surface area contributed by atoms with Crippen molar-refractivity contribution in [3.63, 3.8) is 0 Å². The monoisotopic (exact) mass is 335 g/mol. The first-order chi connectivity index (χ1) is 10.2. The van der Waals surface area contributed by atoms with Gasteiger partial charge in [0, 0.05) is 17.2 Å². The standard InChI is InChI=1S/C14H13ClF3NO3/c1-22-13(21)8-11(9-2-4-10(15)5-3-9)19-12(20)6-7-14(16,17)18/h2-7,11H,8H2,1H3,(H,19,20)/b7-6+. The van der Waals surface area contributed by atoms with Gasteiger partial charge in [-0.3, -0.25) is 9.59 Å². The molecule has 0 spiro atoms. The van der Waals surface area contributed by atoms with Gasteiger partial charge in [0.1, 0.15) is 0 Å². The molecule has 1 unspecified atom stereocenters. The lowest BCUT2D eigenvalue weighted by Crippen LogP contribution is -2.29. The second-order valence-electron chi connectivity index (χ2n) is 4.27. The van der Waals surface area contributed by atoms with E-state index in [1.807, 2.05) is 0 Å². The van der Waals surface area contributed by atoms with Crippen LogP contribution in [0.4, 0.5) is 13.2 Å². The Morgan fingerprint density at radius 2 is 1.91 bits per heavy atom. The predicted octanol–water partition coefficient (Wildman–Crippen LogP) is 3.18. The van der Waals surface area contributed by atoms with E-state index in [4.69, 9.17) is 11.6 Å². The number of carbonyl (C=O) groups excluding carboxylic acids is 2. The lowest BCUT2D eigenvalue weighted by Gasteiger charge is -2.17. The van der Waals surface area contributed by atoms with E-state index in [-0.39, 0.29) is 12.5 Å². The van der Waals surface area contributed by atoms with Gasteiger partial charge in [-0.05, 0) is 17.7 Å². The molecule has 0 aromatic heterocycles. The number of ether oxygens (including phenoxy) is 1. The lowest BCUT2D eigenvalue weighted by molar-refractivity contribution is -0.141. The molecule has 0 saturated heterocycles. The minimum Gasteiger partial charge on any atom is -0.469 e. The highest BCUT2D eigenvalue weighted by Crippen LogP contribution is 2.20. The molecule has 0 aliphatic rings. The summed E-state index contributed by atoms with van der Waals surface area (Å²) in [5.74, 6) is -1.58. The van der Waals surface area contributed by atoms with Crippen LogP contribution in [0.3, 0.4) is 0 Å². The van der Waals surface area contributed by atoms with Crippen molar-refractivity contribution in [1.82, 2.24) is 5.32 Å². The van der Waals surface area contributed by atoms with Crippen LogP contribution in [0.5, 0.6) is 0 Å². The largest absolute Gasteiger partial charge is 0.469 e. The number of hydrogen-bond donors (Lipinski definition) is 1. The van der Waals surface area contributed by atoms with Crippen molar-refractivity contribution >= 4 is 23.5 Å². The van der Waals surface area contributed by atoms with E-state index in [0.717, 1.165) is 0 Å². The molecule has 0 heterocycles. The molecule has 1 aromatic carbocycles. The van der Waals surface area contributed by atoms with E-state index >= 15 is 0 Å². The van der Waals surface area contributed by atoms with Gasteiger partial charge < -0.3 is 10.1 Å². The van der Waals surface area contributed by atoms with E-state index in [9.17, 15) is 22.8 Å². The summed E-state index contributed by atoms with van der Waals surface area (Å²) in [5, 5.41) is 2.77. The number of amides is 1. The lowest BCUT2D eigenvalue weighted by atomic mass is 10.0. The smallest absolute Gasteiger partial charge is 0.409 e. The van der Waals surface area contributed by atoms with Gasteiger partial charge >= 0.3 is 12.1 Å². The van der Waals surface area contributed by atoms with Crippen LogP contribution in [0.15, 0.2) is 36.4 Å². The van der Waals surface area contributed by atoms with E-state index in [0.29, 0.717) is 16.7 Å². The second kappa shape index (κ2) is 7.84. The molecule has 0 bridgehead atoms. The van der Waals surface area contributed by atoms with Crippen molar-refractivity contribution < 1.29 is 27.5 Å². The third kappa shape index (κ3) is 6.62. The molecule has 1 amide bonds. The van der Waals surface area contributed by atoms with Crippen LogP contribution in [0.2, 0.25) is 5.02 Å². The Bertz CT molecular complexity index is 555. The third-order valence-corrected chi connectivity index (χ3v) is 2.86. The molecule has 1 aromatic rings. The van der Waals surface area contributed by atoms with Crippen molar-refractivity contribution in [3.05, 3.63) is 47.0 Å². The highest BCUT2D eigenvalue weighted by molar-refractivity contribution is 6.30. The first kappa shape index (κ1) is 18.0. The number of nitrogens with one attached hydrogen (secondary N) is 1. The average molecular weight is 336 g/mol. The van der Waals surface area contributed by atoms with E-state index < -0.39 is 24.1 Å². The zero-order valence-electron chi connectivity index (χ0n) is 11.5. The summed E-state index contributed by atoms with van der Waals surface area (Å²) in [6, 6.07) is 5.38. The predicted molar refractivity (Wildman–Crippen MR) is 74.2 cm³/mol. The van der Waals surface area contributed by atoms with Gasteiger partial charge in [-0.1, -0.05) is 23.7 Å². The van der Waals surface area contributed by atoms with Crippen molar-refractivity contribution in [2.75, 3.05) is 7.11 Å². The van der Waals surface area contributed by atoms with Gasteiger partial charge in [0.15, 0.2) is 0 Å². The van der Waals surface area contributed by atoms with Gasteiger partial charge in [-0.2, -0.15) is 13.2 Å². The summed E-state index contributed by atoms with van der Waals surface area (Å²) in [5.41, 5.74) is 0.517. The van der Waals surface area contributed by atoms with Crippen LogP contribution in [0, 0.1) is 0 Å². The van der Waals surface area contributed by atoms with Crippen LogP contribution in [-0.4, -0.2) is 25.2 Å². The fraction of sp³-hybridized carbons (Fsp3) is 0.286. The summed E-state index contributed by atoms with van der Waals surface area (Å²) in [6.07, 6.45) is -4.63. The number of methoxy groups -OCH3 is 1. The second-order valence-corrected chi connectivity index (χ2v) is 4.70. The van der Waals surface area contributed by atoms with Crippen molar-refractivity contribution in [1.29, 1.82) is 0 Å². The molecule has 0 radical (unpaired) electrons. The first-order valence-corrected chi connectivity index (χ1v) is 6.48. The fourth-order valence-corrected chi connectivity index (χ4v) is 1.71. The summed E-state index contributed by atoms with van der Waals surface area (Å²) >= 11 is 5.74. The van der Waals surface area contributed by atoms with Crippen molar-refractivity contribution in [2.45, 2.75) is 18.6 Å². The molecule has 1 atom stereocenters. The Labute approximate surface area is 129 Å². The van der Waals surface area contributed by atoms with Crippen LogP contribution in [0.25, 0.3) is 0 Å². The number of carbonyl (C=O) groups is 2. The summed E-state index contributed by atoms with van der Waals surface area (Å²) in [7, 11) is 1.17. The van der Waals surface area contributed by atoms with Crippen molar-refractivity contribution in [3.8, 4) is 0 Å². The molecular formula is C14H13ClF3NO3. The normalized spacial score (nSPS) is 13.0. The zero-order valence-corrected chi connectivity index (χ0v) is 12.2. The van der Waals surface area contributed by atoms with Crippen molar-refractivity contribution in [2.24, 2.45) is 0 Å². The minimum atomic E-state index is -4.59. The maximum atomic E-state index is 12.0. The van der Waals surface area contributed by atoms with Gasteiger partial charge in [0.2, 0.25) is 5.91 Å². The third-order valence-electron chi connectivity index (χ3n) is 2.61. The Morgan fingerprint density at radius 1 is 1.32 bits per heavy atom. The molecule has 22 heavy (non-hydrogen) atoms. The summed E-state index contributed by atoms with van der Waals surface area (Å²) < 4.78 is 40.6. The Balaban J connectivity index is 2.87. The van der Waals surface area contributed by atoms with E-state index in [1.54, 1.807) is 24.3 Å². The number of alkyl halides is 3. The molecule has 4 nitrogen and oxygen atoms in total. The van der Waals surface area contributed by atoms with E-state index in [1.165, 1.54) is 7.11 Å². The summed E-state index contributed by atoms with van der Waals surface area (Å²) in [6.45, 7) is 0. The number of esters is 1. The molecule has 0 fully saturated rings. The molecule has 0 saturated carbocycles. The maximum Gasteiger partial charge on any atom is 0.409 e. The minimum absolute atomic E-state index is 0.181. The zero-order chi connectivity index (χ0) is 16.8.